The van der Waals surface area contributed by atoms with Crippen LogP contribution in [0.25, 0.3) is 11.1 Å². The highest BCUT2D eigenvalue weighted by Crippen LogP contribution is 2.42. The third-order valence-corrected chi connectivity index (χ3v) is 5.56. The number of carboxylic acids is 1. The Morgan fingerprint density at radius 2 is 1.77 bits per heavy atom. The van der Waals surface area contributed by atoms with Crippen LogP contribution in [0.3, 0.4) is 0 Å². The van der Waals surface area contributed by atoms with Crippen LogP contribution in [-0.2, 0) is 4.79 Å². The van der Waals surface area contributed by atoms with E-state index in [0.717, 1.165) is 16.7 Å². The molecule has 5 nitrogen and oxygen atoms in total. The van der Waals surface area contributed by atoms with E-state index in [9.17, 15) is 20.4 Å². The van der Waals surface area contributed by atoms with Gasteiger partial charge in [0.2, 0.25) is 0 Å². The Morgan fingerprint density at radius 1 is 1.12 bits per heavy atom. The molecule has 3 rings (SSSR count). The van der Waals surface area contributed by atoms with Crippen molar-refractivity contribution < 1.29 is 9.90 Å². The molecule has 0 aliphatic carbocycles. The zero-order valence-electron chi connectivity index (χ0n) is 13.8. The lowest BCUT2D eigenvalue weighted by atomic mass is 9.86. The van der Waals surface area contributed by atoms with Crippen LogP contribution in [-0.4, -0.2) is 29.1 Å². The molecule has 1 heterocycles. The molecule has 1 aliphatic heterocycles. The zero-order chi connectivity index (χ0) is 18.8. The molecule has 0 fully saturated rings. The van der Waals surface area contributed by atoms with Crippen molar-refractivity contribution in [2.24, 2.45) is 0 Å². The Balaban J connectivity index is 2.04. The number of hydrogen-bond donors (Lipinski definition) is 1. The van der Waals surface area contributed by atoms with Gasteiger partial charge in [0.1, 0.15) is 6.04 Å². The van der Waals surface area contributed by atoms with Gasteiger partial charge in [-0.05, 0) is 38.7 Å². The fraction of sp³-hybridized carbons (Fsp3) is 0.150. The molecule has 2 aromatic rings. The lowest BCUT2D eigenvalue weighted by Gasteiger charge is -2.24. The highest BCUT2D eigenvalue weighted by molar-refractivity contribution is 9.11. The summed E-state index contributed by atoms with van der Waals surface area (Å²) in [6, 6.07) is 18.1. The summed E-state index contributed by atoms with van der Waals surface area (Å²) >= 11 is 3.33. The summed E-state index contributed by atoms with van der Waals surface area (Å²) in [5.74, 6) is -1.55. The third kappa shape index (κ3) is 2.85. The molecule has 0 spiro atoms. The topological polar surface area (TPSA) is 88.1 Å². The van der Waals surface area contributed by atoms with E-state index in [0.29, 0.717) is 15.7 Å². The molecule has 1 aliphatic rings. The lowest BCUT2D eigenvalue weighted by Crippen LogP contribution is -2.36. The minimum atomic E-state index is -0.987. The Kier molecular flexibility index (Phi) is 4.79. The monoisotopic (exact) mass is 407 g/mol. The van der Waals surface area contributed by atoms with Gasteiger partial charge in [-0.25, -0.2) is 4.79 Å². The highest BCUT2D eigenvalue weighted by Gasteiger charge is 2.43. The van der Waals surface area contributed by atoms with Crippen molar-refractivity contribution in [3.63, 3.8) is 0 Å². The van der Waals surface area contributed by atoms with E-state index >= 15 is 0 Å². The fourth-order valence-corrected chi connectivity index (χ4v) is 3.85. The van der Waals surface area contributed by atoms with Gasteiger partial charge in [0.05, 0.1) is 33.8 Å². The minimum Gasteiger partial charge on any atom is -0.480 e. The SMILES string of the molecule is CN1C(Br)=C(C#N)C(c2ccc(-c3ccccc3C#N)cc2)C1C(=O)O. The van der Waals surface area contributed by atoms with Gasteiger partial charge in [-0.2, -0.15) is 10.5 Å². The number of hydrogen-bond acceptors (Lipinski definition) is 4. The van der Waals surface area contributed by atoms with Crippen molar-refractivity contribution in [2.75, 3.05) is 7.05 Å². The predicted molar refractivity (Wildman–Crippen MR) is 100 cm³/mol. The van der Waals surface area contributed by atoms with E-state index in [1.54, 1.807) is 18.0 Å². The summed E-state index contributed by atoms with van der Waals surface area (Å²) in [6.45, 7) is 0. The molecular formula is C20H14BrN3O2. The number of carbonyl (C=O) groups is 1. The highest BCUT2D eigenvalue weighted by atomic mass is 79.9. The first-order valence-electron chi connectivity index (χ1n) is 7.84. The summed E-state index contributed by atoms with van der Waals surface area (Å²) in [6.07, 6.45) is 0. The second-order valence-corrected chi connectivity index (χ2v) is 6.72. The van der Waals surface area contributed by atoms with Gasteiger partial charge in [-0.15, -0.1) is 0 Å². The summed E-state index contributed by atoms with van der Waals surface area (Å²) in [4.78, 5) is 13.3. The molecule has 0 aromatic heterocycles. The van der Waals surface area contributed by atoms with Gasteiger partial charge in [-0.1, -0.05) is 42.5 Å². The second-order valence-electron chi connectivity index (χ2n) is 5.97. The third-order valence-electron chi connectivity index (χ3n) is 4.58. The normalized spacial score (nSPS) is 19.2. The number of nitriles is 2. The van der Waals surface area contributed by atoms with E-state index in [1.807, 2.05) is 42.5 Å². The summed E-state index contributed by atoms with van der Waals surface area (Å²) in [7, 11) is 1.65. The molecule has 0 amide bonds. The second kappa shape index (κ2) is 7.03. The van der Waals surface area contributed by atoms with E-state index in [1.165, 1.54) is 0 Å². The van der Waals surface area contributed by atoms with Crippen LogP contribution in [0.5, 0.6) is 0 Å². The number of carboxylic acid groups (broad SMARTS) is 1. The van der Waals surface area contributed by atoms with Gasteiger partial charge in [0.25, 0.3) is 0 Å². The molecule has 0 bridgehead atoms. The van der Waals surface area contributed by atoms with Gasteiger partial charge >= 0.3 is 5.97 Å². The number of halogens is 1. The van der Waals surface area contributed by atoms with Crippen molar-refractivity contribution in [3.05, 3.63) is 69.8 Å². The van der Waals surface area contributed by atoms with Crippen molar-refractivity contribution in [2.45, 2.75) is 12.0 Å². The Labute approximate surface area is 159 Å². The van der Waals surface area contributed by atoms with Crippen LogP contribution in [0.15, 0.2) is 58.7 Å². The van der Waals surface area contributed by atoms with Crippen LogP contribution in [0.4, 0.5) is 0 Å². The van der Waals surface area contributed by atoms with Crippen LogP contribution in [0.1, 0.15) is 17.0 Å². The first-order valence-corrected chi connectivity index (χ1v) is 8.63. The average Bonchev–Trinajstić information content (AvgIpc) is 2.92. The number of rotatable bonds is 3. The maximum atomic E-state index is 11.7. The molecule has 128 valence electrons. The summed E-state index contributed by atoms with van der Waals surface area (Å²) in [5.41, 5.74) is 3.39. The molecule has 1 N–H and O–H groups in total. The van der Waals surface area contributed by atoms with E-state index < -0.39 is 17.9 Å². The van der Waals surface area contributed by atoms with Crippen molar-refractivity contribution in [1.29, 1.82) is 10.5 Å². The lowest BCUT2D eigenvalue weighted by molar-refractivity contribution is -0.141. The number of benzene rings is 2. The van der Waals surface area contributed by atoms with Crippen LogP contribution in [0, 0.1) is 22.7 Å². The number of likely N-dealkylation sites (N-methyl/N-ethyl adjacent to an activating group) is 1. The van der Waals surface area contributed by atoms with Gasteiger partial charge in [0.15, 0.2) is 0 Å². The largest absolute Gasteiger partial charge is 0.480 e. The average molecular weight is 408 g/mol. The Bertz CT molecular complexity index is 983. The first kappa shape index (κ1) is 17.7. The fourth-order valence-electron chi connectivity index (χ4n) is 3.30. The van der Waals surface area contributed by atoms with Gasteiger partial charge in [-0.3, -0.25) is 0 Å². The molecule has 0 saturated carbocycles. The zero-order valence-corrected chi connectivity index (χ0v) is 15.4. The number of aliphatic carboxylic acids is 1. The standard InChI is InChI=1S/C20H14BrN3O2/c1-24-18(20(25)26)17(16(11-23)19(24)21)13-8-6-12(7-9-13)15-5-3-2-4-14(15)10-22/h2-9,17-18H,1H3,(H,25,26). The quantitative estimate of drug-likeness (QED) is 0.780. The van der Waals surface area contributed by atoms with Crippen molar-refractivity contribution in [1.82, 2.24) is 4.90 Å². The van der Waals surface area contributed by atoms with Crippen LogP contribution < -0.4 is 0 Å². The molecule has 0 saturated heterocycles. The molecule has 2 aromatic carbocycles. The molecule has 6 heteroatoms. The number of nitrogens with zero attached hydrogens (tertiary/aromatic N) is 3. The Hall–Kier alpha value is -3.09. The molecule has 2 unspecified atom stereocenters. The smallest absolute Gasteiger partial charge is 0.327 e. The van der Waals surface area contributed by atoms with E-state index in [-0.39, 0.29) is 0 Å². The summed E-state index contributed by atoms with van der Waals surface area (Å²) < 4.78 is 0.497. The van der Waals surface area contributed by atoms with Gasteiger partial charge < -0.3 is 10.0 Å². The summed E-state index contributed by atoms with van der Waals surface area (Å²) in [5, 5.41) is 28.4. The first-order chi connectivity index (χ1) is 12.5. The van der Waals surface area contributed by atoms with Gasteiger partial charge in [0, 0.05) is 7.05 Å². The molecule has 0 radical (unpaired) electrons. The maximum absolute atomic E-state index is 11.7. The molecule has 2 atom stereocenters. The minimum absolute atomic E-state index is 0.394. The van der Waals surface area contributed by atoms with E-state index in [2.05, 4.69) is 28.1 Å². The Morgan fingerprint density at radius 3 is 2.35 bits per heavy atom. The van der Waals surface area contributed by atoms with Crippen LogP contribution in [0.2, 0.25) is 0 Å². The van der Waals surface area contributed by atoms with E-state index in [4.69, 9.17) is 0 Å². The van der Waals surface area contributed by atoms with Crippen LogP contribution >= 0.6 is 15.9 Å². The maximum Gasteiger partial charge on any atom is 0.327 e. The predicted octanol–water partition coefficient (Wildman–Crippen LogP) is 3.84. The molecular weight excluding hydrogens is 394 g/mol. The van der Waals surface area contributed by atoms with Crippen molar-refractivity contribution >= 4 is 21.9 Å². The molecule has 26 heavy (non-hydrogen) atoms. The van der Waals surface area contributed by atoms with Crippen molar-refractivity contribution in [3.8, 4) is 23.3 Å².